The fourth-order valence-corrected chi connectivity index (χ4v) is 2.97. The van der Waals surface area contributed by atoms with Crippen LogP contribution >= 0.6 is 11.6 Å². The van der Waals surface area contributed by atoms with Gasteiger partial charge in [0.25, 0.3) is 0 Å². The summed E-state index contributed by atoms with van der Waals surface area (Å²) in [6.45, 7) is 0.219. The molecule has 0 radical (unpaired) electrons. The Balaban J connectivity index is 1.74. The zero-order chi connectivity index (χ0) is 17.1. The summed E-state index contributed by atoms with van der Waals surface area (Å²) in [6, 6.07) is 11.1. The number of carboxylic acids is 1. The smallest absolute Gasteiger partial charge is 0.321 e. The van der Waals surface area contributed by atoms with Gasteiger partial charge in [0.05, 0.1) is 0 Å². The molecule has 0 unspecified atom stereocenters. The van der Waals surface area contributed by atoms with E-state index in [2.05, 4.69) is 10.3 Å². The molecule has 1 heterocycles. The van der Waals surface area contributed by atoms with E-state index < -0.39 is 17.8 Å². The second-order valence-electron chi connectivity index (χ2n) is 5.61. The van der Waals surface area contributed by atoms with Gasteiger partial charge >= 0.3 is 5.97 Å². The first kappa shape index (κ1) is 16.5. The van der Waals surface area contributed by atoms with E-state index in [1.807, 2.05) is 30.5 Å². The highest BCUT2D eigenvalue weighted by molar-refractivity contribution is 6.30. The van der Waals surface area contributed by atoms with Gasteiger partial charge in [-0.3, -0.25) is 4.79 Å². The predicted octanol–water partition coefficient (Wildman–Crippen LogP) is 3.75. The first-order chi connectivity index (χ1) is 11.5. The number of rotatable bonds is 6. The lowest BCUT2D eigenvalue weighted by Crippen LogP contribution is -2.38. The molecule has 6 heteroatoms. The number of carboxylic acid groups (broad SMARTS) is 1. The molecule has 0 aliphatic rings. The third-order valence-electron chi connectivity index (χ3n) is 3.87. The van der Waals surface area contributed by atoms with E-state index in [9.17, 15) is 14.3 Å². The van der Waals surface area contributed by atoms with Gasteiger partial charge in [0.15, 0.2) is 0 Å². The molecule has 2 aromatic carbocycles. The molecule has 0 aliphatic carbocycles. The summed E-state index contributed by atoms with van der Waals surface area (Å²) in [6.07, 6.45) is 2.14. The van der Waals surface area contributed by atoms with Gasteiger partial charge in [-0.15, -0.1) is 0 Å². The summed E-state index contributed by atoms with van der Waals surface area (Å²) in [7, 11) is 0. The minimum absolute atomic E-state index is 0.219. The highest BCUT2D eigenvalue weighted by Crippen LogP contribution is 2.19. The van der Waals surface area contributed by atoms with Crippen molar-refractivity contribution in [3.63, 3.8) is 0 Å². The number of carbonyl (C=O) groups is 1. The van der Waals surface area contributed by atoms with Crippen molar-refractivity contribution >= 4 is 28.5 Å². The Bertz CT molecular complexity index is 858. The Hall–Kier alpha value is -2.37. The molecule has 124 valence electrons. The van der Waals surface area contributed by atoms with E-state index >= 15 is 0 Å². The number of fused-ring (bicyclic) bond motifs is 1. The van der Waals surface area contributed by atoms with E-state index in [1.54, 1.807) is 6.07 Å². The van der Waals surface area contributed by atoms with Crippen LogP contribution in [0.3, 0.4) is 0 Å². The zero-order valence-electron chi connectivity index (χ0n) is 12.7. The van der Waals surface area contributed by atoms with Gasteiger partial charge in [0, 0.05) is 35.1 Å². The van der Waals surface area contributed by atoms with Crippen LogP contribution in [-0.2, 0) is 17.8 Å². The lowest BCUT2D eigenvalue weighted by molar-refractivity contribution is -0.139. The maximum absolute atomic E-state index is 13.4. The SMILES string of the molecule is O=C(O)[C@H](Cc1c[nH]c2ccccc12)NCc1cc(F)cc(Cl)c1. The maximum Gasteiger partial charge on any atom is 0.321 e. The third-order valence-corrected chi connectivity index (χ3v) is 4.09. The number of hydrogen-bond acceptors (Lipinski definition) is 2. The van der Waals surface area contributed by atoms with Crippen molar-refractivity contribution in [2.24, 2.45) is 0 Å². The van der Waals surface area contributed by atoms with Crippen LogP contribution in [0.1, 0.15) is 11.1 Å². The van der Waals surface area contributed by atoms with Gasteiger partial charge in [0.2, 0.25) is 0 Å². The number of hydrogen-bond donors (Lipinski definition) is 3. The number of H-pyrrole nitrogens is 1. The van der Waals surface area contributed by atoms with Crippen LogP contribution in [0.2, 0.25) is 5.02 Å². The van der Waals surface area contributed by atoms with E-state index in [-0.39, 0.29) is 11.6 Å². The molecule has 0 saturated carbocycles. The summed E-state index contributed by atoms with van der Waals surface area (Å²) in [5, 5.41) is 13.7. The standard InChI is InChI=1S/C18H16ClFN2O2/c19-13-5-11(6-14(20)8-13)9-21-17(18(23)24)7-12-10-22-16-4-2-1-3-15(12)16/h1-6,8,10,17,21-22H,7,9H2,(H,23,24)/t17-/m0/s1. The largest absolute Gasteiger partial charge is 0.480 e. The molecular formula is C18H16ClFN2O2. The number of halogens is 2. The van der Waals surface area contributed by atoms with Crippen LogP contribution < -0.4 is 5.32 Å². The fraction of sp³-hybridized carbons (Fsp3) is 0.167. The topological polar surface area (TPSA) is 65.1 Å². The van der Waals surface area contributed by atoms with Crippen molar-refractivity contribution in [2.75, 3.05) is 0 Å². The Labute approximate surface area is 143 Å². The van der Waals surface area contributed by atoms with Crippen molar-refractivity contribution in [2.45, 2.75) is 19.0 Å². The second-order valence-corrected chi connectivity index (χ2v) is 6.05. The molecular weight excluding hydrogens is 331 g/mol. The van der Waals surface area contributed by atoms with Gasteiger partial charge < -0.3 is 15.4 Å². The highest BCUT2D eigenvalue weighted by atomic mass is 35.5. The minimum Gasteiger partial charge on any atom is -0.480 e. The normalized spacial score (nSPS) is 12.4. The van der Waals surface area contributed by atoms with Gasteiger partial charge in [-0.1, -0.05) is 29.8 Å². The number of aromatic amines is 1. The van der Waals surface area contributed by atoms with Crippen molar-refractivity contribution in [3.05, 3.63) is 70.6 Å². The Morgan fingerprint density at radius 1 is 1.29 bits per heavy atom. The number of aliphatic carboxylic acids is 1. The molecule has 0 saturated heterocycles. The fourth-order valence-electron chi connectivity index (χ4n) is 2.72. The monoisotopic (exact) mass is 346 g/mol. The Morgan fingerprint density at radius 2 is 2.08 bits per heavy atom. The molecule has 1 atom stereocenters. The molecule has 3 aromatic rings. The molecule has 3 N–H and O–H groups in total. The number of nitrogens with one attached hydrogen (secondary N) is 2. The first-order valence-corrected chi connectivity index (χ1v) is 7.87. The first-order valence-electron chi connectivity index (χ1n) is 7.49. The highest BCUT2D eigenvalue weighted by Gasteiger charge is 2.19. The predicted molar refractivity (Wildman–Crippen MR) is 91.7 cm³/mol. The summed E-state index contributed by atoms with van der Waals surface area (Å²) >= 11 is 5.82. The van der Waals surface area contributed by atoms with E-state index in [0.717, 1.165) is 16.5 Å². The van der Waals surface area contributed by atoms with Crippen LogP contribution in [0, 0.1) is 5.82 Å². The molecule has 0 amide bonds. The van der Waals surface area contributed by atoms with Crippen LogP contribution in [0.25, 0.3) is 10.9 Å². The van der Waals surface area contributed by atoms with Crippen molar-refractivity contribution in [1.29, 1.82) is 0 Å². The Kier molecular flexibility index (Phi) is 4.83. The average Bonchev–Trinajstić information content (AvgIpc) is 2.93. The van der Waals surface area contributed by atoms with E-state index in [1.165, 1.54) is 12.1 Å². The lowest BCUT2D eigenvalue weighted by atomic mass is 10.0. The average molecular weight is 347 g/mol. The third kappa shape index (κ3) is 3.75. The number of benzene rings is 2. The van der Waals surface area contributed by atoms with Gasteiger partial charge in [-0.2, -0.15) is 0 Å². The van der Waals surface area contributed by atoms with E-state index in [0.29, 0.717) is 12.0 Å². The van der Waals surface area contributed by atoms with Crippen LogP contribution in [0.15, 0.2) is 48.7 Å². The summed E-state index contributed by atoms with van der Waals surface area (Å²) < 4.78 is 13.4. The van der Waals surface area contributed by atoms with Crippen LogP contribution in [-0.4, -0.2) is 22.1 Å². The molecule has 0 aliphatic heterocycles. The minimum atomic E-state index is -0.956. The number of aromatic nitrogens is 1. The quantitative estimate of drug-likeness (QED) is 0.637. The van der Waals surface area contributed by atoms with Crippen LogP contribution in [0.5, 0.6) is 0 Å². The maximum atomic E-state index is 13.4. The molecule has 1 aromatic heterocycles. The lowest BCUT2D eigenvalue weighted by Gasteiger charge is -2.14. The number of para-hydroxylation sites is 1. The molecule has 3 rings (SSSR count). The summed E-state index contributed by atoms with van der Waals surface area (Å²) in [4.78, 5) is 14.7. The second kappa shape index (κ2) is 7.03. The van der Waals surface area contributed by atoms with E-state index in [4.69, 9.17) is 11.6 Å². The van der Waals surface area contributed by atoms with Crippen molar-refractivity contribution < 1.29 is 14.3 Å². The van der Waals surface area contributed by atoms with Crippen molar-refractivity contribution in [1.82, 2.24) is 10.3 Å². The van der Waals surface area contributed by atoms with Crippen LogP contribution in [0.4, 0.5) is 4.39 Å². The van der Waals surface area contributed by atoms with Gasteiger partial charge in [0.1, 0.15) is 11.9 Å². The van der Waals surface area contributed by atoms with Crippen molar-refractivity contribution in [3.8, 4) is 0 Å². The molecule has 4 nitrogen and oxygen atoms in total. The zero-order valence-corrected chi connectivity index (χ0v) is 13.5. The molecule has 24 heavy (non-hydrogen) atoms. The molecule has 0 spiro atoms. The molecule has 0 bridgehead atoms. The van der Waals surface area contributed by atoms with Gasteiger partial charge in [-0.05, 0) is 35.4 Å². The Morgan fingerprint density at radius 3 is 2.83 bits per heavy atom. The summed E-state index contributed by atoms with van der Waals surface area (Å²) in [5.74, 6) is -1.40. The summed E-state index contributed by atoms with van der Waals surface area (Å²) in [5.41, 5.74) is 2.49. The van der Waals surface area contributed by atoms with Gasteiger partial charge in [-0.25, -0.2) is 4.39 Å². The molecule has 0 fully saturated rings.